The second kappa shape index (κ2) is 6.55. The standard InChI is InChI=1S/C16H23NO3/c1-12-7-5-6-8-13(12)11-14(18)17(16(2,3)4)10-9-15(19)20/h5-8H,9-11H2,1-4H3,(H,19,20). The molecule has 0 bridgehead atoms. The van der Waals surface area contributed by atoms with E-state index in [-0.39, 0.29) is 24.4 Å². The molecule has 0 saturated carbocycles. The zero-order valence-corrected chi connectivity index (χ0v) is 12.6. The minimum atomic E-state index is -0.886. The van der Waals surface area contributed by atoms with Gasteiger partial charge in [0.2, 0.25) is 5.91 Å². The molecule has 0 radical (unpaired) electrons. The highest BCUT2D eigenvalue weighted by molar-refractivity contribution is 5.80. The Morgan fingerprint density at radius 3 is 2.30 bits per heavy atom. The van der Waals surface area contributed by atoms with Gasteiger partial charge in [0.25, 0.3) is 0 Å². The molecule has 0 aromatic heterocycles. The lowest BCUT2D eigenvalue weighted by molar-refractivity contribution is -0.140. The smallest absolute Gasteiger partial charge is 0.305 e. The van der Waals surface area contributed by atoms with Gasteiger partial charge in [0.1, 0.15) is 0 Å². The number of aliphatic carboxylic acids is 1. The van der Waals surface area contributed by atoms with E-state index in [9.17, 15) is 9.59 Å². The number of rotatable bonds is 5. The number of carbonyl (C=O) groups is 2. The number of carbonyl (C=O) groups excluding carboxylic acids is 1. The molecule has 4 heteroatoms. The Hall–Kier alpha value is -1.84. The van der Waals surface area contributed by atoms with Crippen LogP contribution in [0.2, 0.25) is 0 Å². The van der Waals surface area contributed by atoms with Crippen molar-refractivity contribution in [3.05, 3.63) is 35.4 Å². The van der Waals surface area contributed by atoms with Crippen LogP contribution in [0.1, 0.15) is 38.3 Å². The number of nitrogens with zero attached hydrogens (tertiary/aromatic N) is 1. The monoisotopic (exact) mass is 277 g/mol. The summed E-state index contributed by atoms with van der Waals surface area (Å²) in [7, 11) is 0. The Morgan fingerprint density at radius 2 is 1.80 bits per heavy atom. The zero-order chi connectivity index (χ0) is 15.3. The van der Waals surface area contributed by atoms with Gasteiger partial charge in [0.05, 0.1) is 12.8 Å². The number of carboxylic acids is 1. The van der Waals surface area contributed by atoms with Gasteiger partial charge in [-0.3, -0.25) is 9.59 Å². The third kappa shape index (κ3) is 4.68. The van der Waals surface area contributed by atoms with E-state index in [1.165, 1.54) is 0 Å². The molecule has 4 nitrogen and oxygen atoms in total. The van der Waals surface area contributed by atoms with Crippen LogP contribution in [0.25, 0.3) is 0 Å². The van der Waals surface area contributed by atoms with Crippen molar-refractivity contribution in [2.45, 2.75) is 46.1 Å². The van der Waals surface area contributed by atoms with E-state index in [0.717, 1.165) is 11.1 Å². The second-order valence-electron chi connectivity index (χ2n) is 5.96. The van der Waals surface area contributed by atoms with E-state index in [4.69, 9.17) is 5.11 Å². The van der Waals surface area contributed by atoms with Crippen LogP contribution in [-0.2, 0) is 16.0 Å². The molecule has 1 aromatic carbocycles. The van der Waals surface area contributed by atoms with Crippen LogP contribution >= 0.6 is 0 Å². The molecule has 0 saturated heterocycles. The number of hydrogen-bond acceptors (Lipinski definition) is 2. The van der Waals surface area contributed by atoms with Gasteiger partial charge in [0.15, 0.2) is 0 Å². The van der Waals surface area contributed by atoms with Gasteiger partial charge < -0.3 is 10.0 Å². The first-order valence-corrected chi connectivity index (χ1v) is 6.78. The predicted octanol–water partition coefficient (Wildman–Crippen LogP) is 2.64. The van der Waals surface area contributed by atoms with E-state index in [2.05, 4.69) is 0 Å². The molecule has 0 heterocycles. The molecule has 1 rings (SSSR count). The summed E-state index contributed by atoms with van der Waals surface area (Å²) in [5, 5.41) is 8.81. The highest BCUT2D eigenvalue weighted by atomic mass is 16.4. The van der Waals surface area contributed by atoms with Crippen molar-refractivity contribution in [1.29, 1.82) is 0 Å². The molecule has 0 atom stereocenters. The number of amides is 1. The normalized spacial score (nSPS) is 11.2. The maximum absolute atomic E-state index is 12.5. The van der Waals surface area contributed by atoms with Crippen molar-refractivity contribution in [3.8, 4) is 0 Å². The van der Waals surface area contributed by atoms with Crippen LogP contribution in [0.5, 0.6) is 0 Å². The molecule has 110 valence electrons. The Labute approximate surface area is 120 Å². The largest absolute Gasteiger partial charge is 0.481 e. The Balaban J connectivity index is 2.83. The summed E-state index contributed by atoms with van der Waals surface area (Å²) in [6, 6.07) is 7.76. The summed E-state index contributed by atoms with van der Waals surface area (Å²) in [4.78, 5) is 24.8. The molecule has 0 aliphatic heterocycles. The van der Waals surface area contributed by atoms with Gasteiger partial charge in [-0.05, 0) is 38.8 Å². The van der Waals surface area contributed by atoms with Crippen LogP contribution < -0.4 is 0 Å². The van der Waals surface area contributed by atoms with E-state index in [0.29, 0.717) is 6.42 Å². The topological polar surface area (TPSA) is 57.6 Å². The van der Waals surface area contributed by atoms with Gasteiger partial charge in [0, 0.05) is 12.1 Å². The fraction of sp³-hybridized carbons (Fsp3) is 0.500. The molecule has 0 spiro atoms. The second-order valence-corrected chi connectivity index (χ2v) is 5.96. The van der Waals surface area contributed by atoms with Crippen molar-refractivity contribution in [1.82, 2.24) is 4.90 Å². The molecule has 0 fully saturated rings. The molecular formula is C16H23NO3. The molecule has 0 unspecified atom stereocenters. The lowest BCUT2D eigenvalue weighted by atomic mass is 10.0. The minimum absolute atomic E-state index is 0.0310. The molecule has 0 aliphatic rings. The quantitative estimate of drug-likeness (QED) is 0.900. The number of hydrogen-bond donors (Lipinski definition) is 1. The first kappa shape index (κ1) is 16.2. The van der Waals surface area contributed by atoms with Crippen molar-refractivity contribution in [3.63, 3.8) is 0 Å². The van der Waals surface area contributed by atoms with Crippen LogP contribution in [0, 0.1) is 6.92 Å². The van der Waals surface area contributed by atoms with Gasteiger partial charge >= 0.3 is 5.97 Å². The number of carboxylic acid groups (broad SMARTS) is 1. The predicted molar refractivity (Wildman–Crippen MR) is 78.6 cm³/mol. The van der Waals surface area contributed by atoms with Crippen LogP contribution in [-0.4, -0.2) is 34.0 Å². The summed E-state index contributed by atoms with van der Waals surface area (Å²) in [5.41, 5.74) is 1.69. The lowest BCUT2D eigenvalue weighted by Crippen LogP contribution is -2.47. The minimum Gasteiger partial charge on any atom is -0.481 e. The summed E-state index contributed by atoms with van der Waals surface area (Å²) < 4.78 is 0. The van der Waals surface area contributed by atoms with Gasteiger partial charge in [-0.1, -0.05) is 24.3 Å². The van der Waals surface area contributed by atoms with E-state index >= 15 is 0 Å². The molecule has 1 N–H and O–H groups in total. The molecule has 1 amide bonds. The third-order valence-corrected chi connectivity index (χ3v) is 3.26. The number of benzene rings is 1. The number of aryl methyl sites for hydroxylation is 1. The zero-order valence-electron chi connectivity index (χ0n) is 12.6. The van der Waals surface area contributed by atoms with E-state index < -0.39 is 5.97 Å². The Bertz CT molecular complexity index is 489. The molecule has 0 aliphatic carbocycles. The summed E-state index contributed by atoms with van der Waals surface area (Å²) in [5.74, 6) is -0.920. The van der Waals surface area contributed by atoms with Crippen molar-refractivity contribution in [2.24, 2.45) is 0 Å². The molecule has 1 aromatic rings. The Kier molecular flexibility index (Phi) is 5.31. The summed E-state index contributed by atoms with van der Waals surface area (Å²) in [6.07, 6.45) is 0.278. The van der Waals surface area contributed by atoms with Crippen LogP contribution in [0.15, 0.2) is 24.3 Å². The van der Waals surface area contributed by atoms with E-state index in [1.54, 1.807) is 4.90 Å². The fourth-order valence-electron chi connectivity index (χ4n) is 2.11. The highest BCUT2D eigenvalue weighted by Crippen LogP contribution is 2.17. The maximum atomic E-state index is 12.5. The lowest BCUT2D eigenvalue weighted by Gasteiger charge is -2.35. The van der Waals surface area contributed by atoms with Gasteiger partial charge in [-0.2, -0.15) is 0 Å². The maximum Gasteiger partial charge on any atom is 0.305 e. The van der Waals surface area contributed by atoms with Crippen LogP contribution in [0.4, 0.5) is 0 Å². The molecular weight excluding hydrogens is 254 g/mol. The summed E-state index contributed by atoms with van der Waals surface area (Å²) >= 11 is 0. The average molecular weight is 277 g/mol. The molecule has 20 heavy (non-hydrogen) atoms. The van der Waals surface area contributed by atoms with Crippen LogP contribution in [0.3, 0.4) is 0 Å². The fourth-order valence-corrected chi connectivity index (χ4v) is 2.11. The van der Waals surface area contributed by atoms with Crippen molar-refractivity contribution in [2.75, 3.05) is 6.54 Å². The van der Waals surface area contributed by atoms with Gasteiger partial charge in [-0.15, -0.1) is 0 Å². The summed E-state index contributed by atoms with van der Waals surface area (Å²) in [6.45, 7) is 7.98. The van der Waals surface area contributed by atoms with E-state index in [1.807, 2.05) is 52.0 Å². The first-order valence-electron chi connectivity index (χ1n) is 6.78. The van der Waals surface area contributed by atoms with Crippen molar-refractivity contribution < 1.29 is 14.7 Å². The Morgan fingerprint density at radius 1 is 1.20 bits per heavy atom. The first-order chi connectivity index (χ1) is 9.21. The third-order valence-electron chi connectivity index (χ3n) is 3.26. The highest BCUT2D eigenvalue weighted by Gasteiger charge is 2.26. The van der Waals surface area contributed by atoms with Gasteiger partial charge in [-0.25, -0.2) is 0 Å². The SMILES string of the molecule is Cc1ccccc1CC(=O)N(CCC(=O)O)C(C)(C)C. The average Bonchev–Trinajstić information content (AvgIpc) is 2.30. The van der Waals surface area contributed by atoms with Crippen molar-refractivity contribution >= 4 is 11.9 Å².